The number of carbonyl (C=O) groups excluding carboxylic acids is 1. The van der Waals surface area contributed by atoms with Gasteiger partial charge in [0.15, 0.2) is 0 Å². The zero-order valence-electron chi connectivity index (χ0n) is 19.7. The first-order valence-electron chi connectivity index (χ1n) is 11.5. The molecule has 0 radical (unpaired) electrons. The summed E-state index contributed by atoms with van der Waals surface area (Å²) in [5, 5.41) is 7.06. The predicted octanol–water partition coefficient (Wildman–Crippen LogP) is 3.04. The quantitative estimate of drug-likeness (QED) is 0.513. The van der Waals surface area contributed by atoms with Crippen molar-refractivity contribution in [2.45, 2.75) is 38.1 Å². The van der Waals surface area contributed by atoms with Crippen molar-refractivity contribution < 1.29 is 17.9 Å². The summed E-state index contributed by atoms with van der Waals surface area (Å²) in [6.07, 6.45) is 1.70. The van der Waals surface area contributed by atoms with Crippen molar-refractivity contribution in [1.82, 2.24) is 14.1 Å². The van der Waals surface area contributed by atoms with E-state index in [-0.39, 0.29) is 11.4 Å². The van der Waals surface area contributed by atoms with Gasteiger partial charge in [0.1, 0.15) is 12.3 Å². The fourth-order valence-corrected chi connectivity index (χ4v) is 5.73. The summed E-state index contributed by atoms with van der Waals surface area (Å²) in [5.74, 6) is 0.280. The van der Waals surface area contributed by atoms with Crippen molar-refractivity contribution in [1.29, 1.82) is 0 Å². The second-order valence-corrected chi connectivity index (χ2v) is 10.2. The Balaban J connectivity index is 1.55. The second-order valence-electron chi connectivity index (χ2n) is 8.31. The standard InChI is InChI=1S/C25H28N4O5S/c1-3-34-21-10-8-20(9-11-21)26-24(30)17-29-25(31)13-12-22(27-29)19-7-6-18(2)23(16-19)35(32,33)28-14-4-5-15-28/h6-13,16H,3-5,14-15,17H2,1-2H3,(H,26,30). The normalized spacial score (nSPS) is 14.1. The number of hydrogen-bond acceptors (Lipinski definition) is 6. The number of aryl methyl sites for hydroxylation is 1. The molecule has 1 saturated heterocycles. The second kappa shape index (κ2) is 10.4. The fraction of sp³-hybridized carbons (Fsp3) is 0.320. The highest BCUT2D eigenvalue weighted by atomic mass is 32.2. The topological polar surface area (TPSA) is 111 Å². The third kappa shape index (κ3) is 5.60. The number of carbonyl (C=O) groups is 1. The zero-order valence-corrected chi connectivity index (χ0v) is 20.5. The summed E-state index contributed by atoms with van der Waals surface area (Å²) in [5.41, 5.74) is 1.72. The summed E-state index contributed by atoms with van der Waals surface area (Å²) >= 11 is 0. The van der Waals surface area contributed by atoms with Crippen molar-refractivity contribution in [3.8, 4) is 17.0 Å². The smallest absolute Gasteiger partial charge is 0.267 e. The van der Waals surface area contributed by atoms with Crippen LogP contribution in [0.5, 0.6) is 5.75 Å². The summed E-state index contributed by atoms with van der Waals surface area (Å²) in [6, 6.07) is 14.8. The molecule has 1 N–H and O–H groups in total. The van der Waals surface area contributed by atoms with Crippen LogP contribution in [0.25, 0.3) is 11.3 Å². The van der Waals surface area contributed by atoms with Crippen LogP contribution in [-0.2, 0) is 21.4 Å². The molecule has 3 aromatic rings. The Bertz CT molecular complexity index is 1380. The molecule has 4 rings (SSSR count). The predicted molar refractivity (Wildman–Crippen MR) is 133 cm³/mol. The molecule has 1 fully saturated rings. The van der Waals surface area contributed by atoms with Gasteiger partial charge in [0.2, 0.25) is 15.9 Å². The monoisotopic (exact) mass is 496 g/mol. The maximum absolute atomic E-state index is 13.1. The highest BCUT2D eigenvalue weighted by Gasteiger charge is 2.28. The van der Waals surface area contributed by atoms with E-state index in [2.05, 4.69) is 10.4 Å². The molecule has 0 spiro atoms. The zero-order chi connectivity index (χ0) is 25.0. The summed E-state index contributed by atoms with van der Waals surface area (Å²) in [7, 11) is -3.61. The first-order chi connectivity index (χ1) is 16.8. The van der Waals surface area contributed by atoms with Gasteiger partial charge in [-0.2, -0.15) is 9.40 Å². The van der Waals surface area contributed by atoms with E-state index in [1.54, 1.807) is 49.4 Å². The third-order valence-corrected chi connectivity index (χ3v) is 7.82. The van der Waals surface area contributed by atoms with Crippen LogP contribution in [0.3, 0.4) is 0 Å². The van der Waals surface area contributed by atoms with E-state index in [0.29, 0.717) is 48.0 Å². The Hall–Kier alpha value is -3.50. The first kappa shape index (κ1) is 24.6. The van der Waals surface area contributed by atoms with E-state index in [0.717, 1.165) is 17.5 Å². The first-order valence-corrected chi connectivity index (χ1v) is 12.9. The molecule has 0 aliphatic carbocycles. The van der Waals surface area contributed by atoms with Crippen molar-refractivity contribution in [2.75, 3.05) is 25.0 Å². The van der Waals surface area contributed by atoms with Crippen molar-refractivity contribution in [3.05, 3.63) is 70.5 Å². The van der Waals surface area contributed by atoms with Crippen molar-refractivity contribution in [3.63, 3.8) is 0 Å². The highest BCUT2D eigenvalue weighted by molar-refractivity contribution is 7.89. The largest absolute Gasteiger partial charge is 0.494 e. The molecule has 10 heteroatoms. The average molecular weight is 497 g/mol. The van der Waals surface area contributed by atoms with Crippen LogP contribution in [0.15, 0.2) is 64.3 Å². The average Bonchev–Trinajstić information content (AvgIpc) is 3.38. The molecule has 184 valence electrons. The number of ether oxygens (including phenoxy) is 1. The van der Waals surface area contributed by atoms with E-state index in [4.69, 9.17) is 4.74 Å². The molecule has 0 saturated carbocycles. The number of nitrogens with one attached hydrogen (secondary N) is 1. The van der Waals surface area contributed by atoms with Crippen molar-refractivity contribution >= 4 is 21.6 Å². The lowest BCUT2D eigenvalue weighted by Gasteiger charge is -2.18. The maximum Gasteiger partial charge on any atom is 0.267 e. The van der Waals surface area contributed by atoms with Crippen LogP contribution in [-0.4, -0.2) is 48.1 Å². The summed E-state index contributed by atoms with van der Waals surface area (Å²) in [6.45, 7) is 4.93. The third-order valence-electron chi connectivity index (χ3n) is 5.78. The minimum absolute atomic E-state index is 0.227. The van der Waals surface area contributed by atoms with Gasteiger partial charge in [0.25, 0.3) is 5.56 Å². The number of nitrogens with zero attached hydrogens (tertiary/aromatic N) is 3. The van der Waals surface area contributed by atoms with Crippen LogP contribution >= 0.6 is 0 Å². The van der Waals surface area contributed by atoms with Gasteiger partial charge in [0, 0.05) is 30.4 Å². The van der Waals surface area contributed by atoms with E-state index < -0.39 is 21.5 Å². The molecule has 0 atom stereocenters. The van der Waals surface area contributed by atoms with E-state index in [9.17, 15) is 18.0 Å². The summed E-state index contributed by atoms with van der Waals surface area (Å²) < 4.78 is 34.2. The van der Waals surface area contributed by atoms with Gasteiger partial charge in [-0.1, -0.05) is 12.1 Å². The molecule has 9 nitrogen and oxygen atoms in total. The Morgan fingerprint density at radius 3 is 2.46 bits per heavy atom. The van der Waals surface area contributed by atoms with Crippen LogP contribution in [0.2, 0.25) is 0 Å². The molecule has 1 aliphatic heterocycles. The lowest BCUT2D eigenvalue weighted by atomic mass is 10.1. The van der Waals surface area contributed by atoms with Gasteiger partial charge >= 0.3 is 0 Å². The van der Waals surface area contributed by atoms with Crippen LogP contribution in [0, 0.1) is 6.92 Å². The number of amides is 1. The molecule has 0 unspecified atom stereocenters. The molecule has 2 aromatic carbocycles. The lowest BCUT2D eigenvalue weighted by Crippen LogP contribution is -2.29. The van der Waals surface area contributed by atoms with Gasteiger partial charge < -0.3 is 10.1 Å². The van der Waals surface area contributed by atoms with Gasteiger partial charge in [-0.25, -0.2) is 13.1 Å². The number of benzene rings is 2. The Labute approximate surface area is 204 Å². The number of rotatable bonds is 8. The van der Waals surface area contributed by atoms with Gasteiger partial charge in [0.05, 0.1) is 17.2 Å². The van der Waals surface area contributed by atoms with Gasteiger partial charge in [-0.15, -0.1) is 0 Å². The van der Waals surface area contributed by atoms with E-state index in [1.807, 2.05) is 6.92 Å². The highest BCUT2D eigenvalue weighted by Crippen LogP contribution is 2.27. The van der Waals surface area contributed by atoms with Gasteiger partial charge in [-0.3, -0.25) is 9.59 Å². The number of anilines is 1. The number of hydrogen-bond donors (Lipinski definition) is 1. The lowest BCUT2D eigenvalue weighted by molar-refractivity contribution is -0.117. The number of sulfonamides is 1. The summed E-state index contributed by atoms with van der Waals surface area (Å²) in [4.78, 5) is 25.1. The Morgan fingerprint density at radius 2 is 1.77 bits per heavy atom. The van der Waals surface area contributed by atoms with Gasteiger partial charge in [-0.05, 0) is 68.7 Å². The molecule has 0 bridgehead atoms. The Kier molecular flexibility index (Phi) is 7.32. The van der Waals surface area contributed by atoms with Crippen molar-refractivity contribution in [2.24, 2.45) is 0 Å². The maximum atomic E-state index is 13.1. The molecular formula is C25H28N4O5S. The molecule has 35 heavy (non-hydrogen) atoms. The minimum atomic E-state index is -3.61. The SMILES string of the molecule is CCOc1ccc(NC(=O)Cn2nc(-c3ccc(C)c(S(=O)(=O)N4CCCC4)c3)ccc2=O)cc1. The minimum Gasteiger partial charge on any atom is -0.494 e. The number of aromatic nitrogens is 2. The van der Waals surface area contributed by atoms with Crippen LogP contribution in [0.4, 0.5) is 5.69 Å². The van der Waals surface area contributed by atoms with Crippen LogP contribution in [0.1, 0.15) is 25.3 Å². The molecule has 2 heterocycles. The van der Waals surface area contributed by atoms with E-state index in [1.165, 1.54) is 16.4 Å². The van der Waals surface area contributed by atoms with Crippen LogP contribution < -0.4 is 15.6 Å². The molecule has 1 aliphatic rings. The van der Waals surface area contributed by atoms with E-state index >= 15 is 0 Å². The Morgan fingerprint density at radius 1 is 1.06 bits per heavy atom. The fourth-order valence-electron chi connectivity index (χ4n) is 3.96. The molecule has 1 aromatic heterocycles. The molecule has 1 amide bonds. The molecular weight excluding hydrogens is 468 g/mol.